The quantitative estimate of drug-likeness (QED) is 0.793. The Bertz CT molecular complexity index is 413. The Morgan fingerprint density at radius 2 is 2.12 bits per heavy atom. The van der Waals surface area contributed by atoms with Crippen molar-refractivity contribution in [1.82, 2.24) is 10.3 Å². The van der Waals surface area contributed by atoms with Gasteiger partial charge < -0.3 is 15.5 Å². The minimum absolute atomic E-state index is 0.0909. The highest BCUT2D eigenvalue weighted by molar-refractivity contribution is 5.87. The summed E-state index contributed by atoms with van der Waals surface area (Å²) in [5.74, 6) is 0.528. The number of anilines is 2. The predicted octanol–water partition coefficient (Wildman–Crippen LogP) is 0.758. The van der Waals surface area contributed by atoms with Crippen LogP contribution < -0.4 is 15.5 Å². The molecule has 0 aromatic carbocycles. The molecule has 5 heteroatoms. The third kappa shape index (κ3) is 2.94. The molecule has 17 heavy (non-hydrogen) atoms. The maximum absolute atomic E-state index is 10.9. The summed E-state index contributed by atoms with van der Waals surface area (Å²) in [7, 11) is 0. The molecular weight excluding hydrogens is 216 g/mol. The molecule has 0 aliphatic carbocycles. The van der Waals surface area contributed by atoms with Crippen molar-refractivity contribution in [3.63, 3.8) is 0 Å². The summed E-state index contributed by atoms with van der Waals surface area (Å²) in [5, 5.41) is 6.02. The first-order valence-electron chi connectivity index (χ1n) is 5.88. The minimum atomic E-state index is -0.0909. The van der Waals surface area contributed by atoms with Crippen molar-refractivity contribution in [2.75, 3.05) is 36.4 Å². The lowest BCUT2D eigenvalue weighted by Crippen LogP contribution is -2.43. The van der Waals surface area contributed by atoms with E-state index in [-0.39, 0.29) is 5.91 Å². The van der Waals surface area contributed by atoms with E-state index in [2.05, 4.69) is 20.5 Å². The van der Waals surface area contributed by atoms with Gasteiger partial charge in [0.05, 0.1) is 11.4 Å². The molecule has 1 aromatic rings. The lowest BCUT2D eigenvalue weighted by molar-refractivity contribution is -0.114. The van der Waals surface area contributed by atoms with Gasteiger partial charge in [0.1, 0.15) is 5.82 Å². The number of aromatic nitrogens is 1. The van der Waals surface area contributed by atoms with Crippen molar-refractivity contribution in [2.24, 2.45) is 0 Å². The van der Waals surface area contributed by atoms with E-state index in [4.69, 9.17) is 0 Å². The van der Waals surface area contributed by atoms with E-state index in [1.807, 2.05) is 19.1 Å². The number of rotatable bonds is 2. The Kier molecular flexibility index (Phi) is 3.58. The highest BCUT2D eigenvalue weighted by Crippen LogP contribution is 2.20. The third-order valence-electron chi connectivity index (χ3n) is 2.82. The van der Waals surface area contributed by atoms with Gasteiger partial charge in [-0.3, -0.25) is 4.79 Å². The molecule has 2 rings (SSSR count). The van der Waals surface area contributed by atoms with Crippen LogP contribution in [0.3, 0.4) is 0 Å². The topological polar surface area (TPSA) is 57.3 Å². The molecule has 1 aliphatic heterocycles. The summed E-state index contributed by atoms with van der Waals surface area (Å²) < 4.78 is 0. The average molecular weight is 234 g/mol. The number of nitrogens with zero attached hydrogens (tertiary/aromatic N) is 2. The van der Waals surface area contributed by atoms with Crippen LogP contribution in [0.25, 0.3) is 0 Å². The molecule has 0 radical (unpaired) electrons. The zero-order valence-corrected chi connectivity index (χ0v) is 10.3. The molecule has 92 valence electrons. The zero-order chi connectivity index (χ0) is 12.3. The molecular formula is C12H18N4O. The number of pyridine rings is 1. The Hall–Kier alpha value is -1.62. The van der Waals surface area contributed by atoms with Crippen LogP contribution in [0.5, 0.6) is 0 Å². The van der Waals surface area contributed by atoms with Crippen molar-refractivity contribution in [3.8, 4) is 0 Å². The van der Waals surface area contributed by atoms with E-state index < -0.39 is 0 Å². The lowest BCUT2D eigenvalue weighted by atomic mass is 10.2. The molecule has 0 bridgehead atoms. The number of piperazine rings is 1. The van der Waals surface area contributed by atoms with E-state index in [1.165, 1.54) is 6.92 Å². The van der Waals surface area contributed by atoms with E-state index in [0.717, 1.165) is 37.6 Å². The smallest absolute Gasteiger partial charge is 0.222 e. The highest BCUT2D eigenvalue weighted by atomic mass is 16.1. The fraction of sp³-hybridized carbons (Fsp3) is 0.500. The summed E-state index contributed by atoms with van der Waals surface area (Å²) in [6, 6.07) is 3.88. The van der Waals surface area contributed by atoms with Gasteiger partial charge in [0.15, 0.2) is 0 Å². The first kappa shape index (κ1) is 11.9. The number of carbonyl (C=O) groups excluding carboxylic acids is 1. The first-order valence-corrected chi connectivity index (χ1v) is 5.88. The van der Waals surface area contributed by atoms with Crippen LogP contribution in [-0.2, 0) is 4.79 Å². The molecule has 0 unspecified atom stereocenters. The minimum Gasteiger partial charge on any atom is -0.368 e. The van der Waals surface area contributed by atoms with Crippen LogP contribution in [0.2, 0.25) is 0 Å². The maximum atomic E-state index is 10.9. The number of nitrogens with one attached hydrogen (secondary N) is 2. The van der Waals surface area contributed by atoms with Crippen LogP contribution in [0.1, 0.15) is 12.6 Å². The van der Waals surface area contributed by atoms with Gasteiger partial charge >= 0.3 is 0 Å². The third-order valence-corrected chi connectivity index (χ3v) is 2.82. The van der Waals surface area contributed by atoms with Gasteiger partial charge in [0, 0.05) is 33.1 Å². The van der Waals surface area contributed by atoms with Crippen molar-refractivity contribution in [2.45, 2.75) is 13.8 Å². The molecule has 1 aromatic heterocycles. The van der Waals surface area contributed by atoms with Gasteiger partial charge in [-0.05, 0) is 19.1 Å². The molecule has 0 atom stereocenters. The standard InChI is InChI=1S/C12H18N4O/c1-9-11(16-7-5-13-6-8-16)3-4-12(14-9)15-10(2)17/h3-4,13H,5-8H2,1-2H3,(H,14,15,17). The lowest BCUT2D eigenvalue weighted by Gasteiger charge is -2.30. The number of hydrogen-bond acceptors (Lipinski definition) is 4. The molecule has 1 aliphatic rings. The number of amides is 1. The zero-order valence-electron chi connectivity index (χ0n) is 10.3. The number of carbonyl (C=O) groups is 1. The Morgan fingerprint density at radius 1 is 1.41 bits per heavy atom. The molecule has 5 nitrogen and oxygen atoms in total. The van der Waals surface area contributed by atoms with Crippen LogP contribution >= 0.6 is 0 Å². The monoisotopic (exact) mass is 234 g/mol. The van der Waals surface area contributed by atoms with E-state index in [1.54, 1.807) is 0 Å². The number of aryl methyl sites for hydroxylation is 1. The van der Waals surface area contributed by atoms with E-state index in [0.29, 0.717) is 5.82 Å². The summed E-state index contributed by atoms with van der Waals surface area (Å²) in [6.45, 7) is 7.48. The van der Waals surface area contributed by atoms with Gasteiger partial charge in [-0.1, -0.05) is 0 Å². The largest absolute Gasteiger partial charge is 0.368 e. The van der Waals surface area contributed by atoms with Crippen molar-refractivity contribution >= 4 is 17.4 Å². The van der Waals surface area contributed by atoms with Crippen LogP contribution in [0, 0.1) is 6.92 Å². The molecule has 2 heterocycles. The van der Waals surface area contributed by atoms with E-state index >= 15 is 0 Å². The Morgan fingerprint density at radius 3 is 2.71 bits per heavy atom. The normalized spacial score (nSPS) is 15.8. The second-order valence-electron chi connectivity index (χ2n) is 4.22. The second-order valence-corrected chi connectivity index (χ2v) is 4.22. The highest BCUT2D eigenvalue weighted by Gasteiger charge is 2.13. The Balaban J connectivity index is 2.15. The van der Waals surface area contributed by atoms with E-state index in [9.17, 15) is 4.79 Å². The SMILES string of the molecule is CC(=O)Nc1ccc(N2CCNCC2)c(C)n1. The second kappa shape index (κ2) is 5.14. The summed E-state index contributed by atoms with van der Waals surface area (Å²) >= 11 is 0. The first-order chi connectivity index (χ1) is 8.16. The van der Waals surface area contributed by atoms with Crippen LogP contribution in [-0.4, -0.2) is 37.1 Å². The van der Waals surface area contributed by atoms with Crippen molar-refractivity contribution in [1.29, 1.82) is 0 Å². The van der Waals surface area contributed by atoms with Crippen molar-refractivity contribution in [3.05, 3.63) is 17.8 Å². The van der Waals surface area contributed by atoms with Gasteiger partial charge in [-0.2, -0.15) is 0 Å². The molecule has 1 fully saturated rings. The fourth-order valence-corrected chi connectivity index (χ4v) is 2.04. The van der Waals surface area contributed by atoms with Crippen LogP contribution in [0.15, 0.2) is 12.1 Å². The molecule has 1 saturated heterocycles. The maximum Gasteiger partial charge on any atom is 0.222 e. The Labute approximate surface area is 101 Å². The predicted molar refractivity (Wildman–Crippen MR) is 68.4 cm³/mol. The average Bonchev–Trinajstić information content (AvgIpc) is 2.29. The molecule has 1 amide bonds. The van der Waals surface area contributed by atoms with Gasteiger partial charge in [0.2, 0.25) is 5.91 Å². The molecule has 0 saturated carbocycles. The molecule has 2 N–H and O–H groups in total. The summed E-state index contributed by atoms with van der Waals surface area (Å²) in [4.78, 5) is 17.7. The van der Waals surface area contributed by atoms with Gasteiger partial charge in [-0.15, -0.1) is 0 Å². The fourth-order valence-electron chi connectivity index (χ4n) is 2.04. The van der Waals surface area contributed by atoms with Gasteiger partial charge in [-0.25, -0.2) is 4.98 Å². The number of hydrogen-bond donors (Lipinski definition) is 2. The van der Waals surface area contributed by atoms with Crippen molar-refractivity contribution < 1.29 is 4.79 Å². The molecule has 0 spiro atoms. The summed E-state index contributed by atoms with van der Waals surface area (Å²) in [6.07, 6.45) is 0. The van der Waals surface area contributed by atoms with Gasteiger partial charge in [0.25, 0.3) is 0 Å². The van der Waals surface area contributed by atoms with Crippen LogP contribution in [0.4, 0.5) is 11.5 Å². The summed E-state index contributed by atoms with van der Waals surface area (Å²) in [5.41, 5.74) is 2.11.